The van der Waals surface area contributed by atoms with Gasteiger partial charge in [0.05, 0.1) is 0 Å². The van der Waals surface area contributed by atoms with Crippen LogP contribution in [0.1, 0.15) is 63.2 Å². The Morgan fingerprint density at radius 3 is 2.47 bits per heavy atom. The van der Waals surface area contributed by atoms with Crippen LogP contribution in [-0.2, 0) is 11.2 Å². The molecule has 0 amide bonds. The van der Waals surface area contributed by atoms with Gasteiger partial charge in [-0.2, -0.15) is 0 Å². The highest BCUT2D eigenvalue weighted by atomic mass is 32.1. The van der Waals surface area contributed by atoms with Crippen LogP contribution in [-0.4, -0.2) is 5.78 Å². The second-order valence-electron chi connectivity index (χ2n) is 4.67. The van der Waals surface area contributed by atoms with Crippen molar-refractivity contribution < 1.29 is 4.79 Å². The molecule has 0 unspecified atom stereocenters. The predicted octanol–water partition coefficient (Wildman–Crippen LogP) is 5.00. The van der Waals surface area contributed by atoms with Crippen LogP contribution in [0.5, 0.6) is 0 Å². The number of hydrogen-bond acceptors (Lipinski definition) is 2. The highest BCUT2D eigenvalue weighted by Crippen LogP contribution is 2.13. The van der Waals surface area contributed by atoms with E-state index in [-0.39, 0.29) is 0 Å². The van der Waals surface area contributed by atoms with Gasteiger partial charge >= 0.3 is 0 Å². The second kappa shape index (κ2) is 9.41. The highest BCUT2D eigenvalue weighted by Gasteiger charge is 2.03. The van der Waals surface area contributed by atoms with E-state index in [0.29, 0.717) is 12.2 Å². The van der Waals surface area contributed by atoms with Gasteiger partial charge in [0.2, 0.25) is 0 Å². The molecule has 0 fully saturated rings. The normalized spacial score (nSPS) is 10.6. The fourth-order valence-electron chi connectivity index (χ4n) is 1.98. The van der Waals surface area contributed by atoms with Crippen molar-refractivity contribution in [2.45, 2.75) is 64.7 Å². The first-order chi connectivity index (χ1) is 8.33. The summed E-state index contributed by atoms with van der Waals surface area (Å²) in [7, 11) is 0. The zero-order valence-corrected chi connectivity index (χ0v) is 11.7. The number of carbonyl (C=O) groups is 1. The molecule has 0 atom stereocenters. The highest BCUT2D eigenvalue weighted by molar-refractivity contribution is 7.10. The number of Topliss-reactive ketones (excluding diaryl/α,β-unsaturated/α-hetero) is 1. The summed E-state index contributed by atoms with van der Waals surface area (Å²) in [6, 6.07) is 4.06. The van der Waals surface area contributed by atoms with E-state index >= 15 is 0 Å². The second-order valence-corrected chi connectivity index (χ2v) is 5.70. The summed E-state index contributed by atoms with van der Waals surface area (Å²) in [6.07, 6.45) is 10.4. The van der Waals surface area contributed by atoms with Gasteiger partial charge < -0.3 is 0 Å². The van der Waals surface area contributed by atoms with Crippen LogP contribution in [0.25, 0.3) is 0 Å². The number of carbonyl (C=O) groups excluding carboxylic acids is 1. The first-order valence-electron chi connectivity index (χ1n) is 6.87. The van der Waals surface area contributed by atoms with Gasteiger partial charge in [-0.15, -0.1) is 11.3 Å². The van der Waals surface area contributed by atoms with Crippen molar-refractivity contribution in [1.29, 1.82) is 0 Å². The first-order valence-corrected chi connectivity index (χ1v) is 7.75. The number of hydrogen-bond donors (Lipinski definition) is 0. The van der Waals surface area contributed by atoms with Crippen LogP contribution in [0.4, 0.5) is 0 Å². The standard InChI is InChI=1S/C15H24OS/c1-2-3-4-5-6-7-8-10-14(16)13-15-11-9-12-17-15/h9,11-12H,2-8,10,13H2,1H3. The van der Waals surface area contributed by atoms with Crippen LogP contribution >= 0.6 is 11.3 Å². The van der Waals surface area contributed by atoms with E-state index in [0.717, 1.165) is 12.8 Å². The Labute approximate surface area is 109 Å². The quantitative estimate of drug-likeness (QED) is 0.535. The molecular weight excluding hydrogens is 228 g/mol. The van der Waals surface area contributed by atoms with Gasteiger partial charge in [-0.05, 0) is 17.9 Å². The van der Waals surface area contributed by atoms with Gasteiger partial charge in [0.25, 0.3) is 0 Å². The monoisotopic (exact) mass is 252 g/mol. The summed E-state index contributed by atoms with van der Waals surface area (Å²) in [5.41, 5.74) is 0. The molecule has 0 bridgehead atoms. The Morgan fingerprint density at radius 2 is 1.82 bits per heavy atom. The molecule has 1 rings (SSSR count). The number of thiophene rings is 1. The largest absolute Gasteiger partial charge is 0.299 e. The topological polar surface area (TPSA) is 17.1 Å². The maximum absolute atomic E-state index is 11.7. The Morgan fingerprint density at radius 1 is 1.12 bits per heavy atom. The molecule has 1 aromatic rings. The van der Waals surface area contributed by atoms with Crippen molar-refractivity contribution in [2.75, 3.05) is 0 Å². The average Bonchev–Trinajstić information content (AvgIpc) is 2.80. The number of rotatable bonds is 10. The molecule has 2 heteroatoms. The van der Waals surface area contributed by atoms with Crippen LogP contribution in [0, 0.1) is 0 Å². The summed E-state index contributed by atoms with van der Waals surface area (Å²) in [6.45, 7) is 2.24. The van der Waals surface area contributed by atoms with E-state index < -0.39 is 0 Å². The molecule has 1 heterocycles. The van der Waals surface area contributed by atoms with Crippen molar-refractivity contribution in [2.24, 2.45) is 0 Å². The summed E-state index contributed by atoms with van der Waals surface area (Å²) in [5, 5.41) is 2.04. The van der Waals surface area contributed by atoms with Crippen LogP contribution < -0.4 is 0 Å². The molecule has 0 N–H and O–H groups in total. The SMILES string of the molecule is CCCCCCCCCC(=O)Cc1cccs1. The maximum Gasteiger partial charge on any atom is 0.138 e. The summed E-state index contributed by atoms with van der Waals surface area (Å²) >= 11 is 1.68. The number of ketones is 1. The minimum absolute atomic E-state index is 0.404. The summed E-state index contributed by atoms with van der Waals surface area (Å²) < 4.78 is 0. The van der Waals surface area contributed by atoms with E-state index in [9.17, 15) is 4.79 Å². The Hall–Kier alpha value is -0.630. The third kappa shape index (κ3) is 7.32. The lowest BCUT2D eigenvalue weighted by Gasteiger charge is -2.01. The third-order valence-corrected chi connectivity index (χ3v) is 3.89. The molecule has 0 saturated carbocycles. The molecule has 0 spiro atoms. The average molecular weight is 252 g/mol. The van der Waals surface area contributed by atoms with Crippen molar-refractivity contribution in [1.82, 2.24) is 0 Å². The Bertz CT molecular complexity index is 290. The van der Waals surface area contributed by atoms with E-state index in [1.54, 1.807) is 11.3 Å². The van der Waals surface area contributed by atoms with Gasteiger partial charge in [0.1, 0.15) is 5.78 Å². The molecule has 0 radical (unpaired) electrons. The Balaban J connectivity index is 1.94. The molecule has 0 aliphatic carbocycles. The fourth-order valence-corrected chi connectivity index (χ4v) is 2.71. The van der Waals surface area contributed by atoms with Gasteiger partial charge in [-0.1, -0.05) is 51.5 Å². The van der Waals surface area contributed by atoms with E-state index in [4.69, 9.17) is 0 Å². The molecule has 1 nitrogen and oxygen atoms in total. The van der Waals surface area contributed by atoms with Crippen LogP contribution in [0.15, 0.2) is 17.5 Å². The summed E-state index contributed by atoms with van der Waals surface area (Å²) in [4.78, 5) is 12.9. The lowest BCUT2D eigenvalue weighted by Crippen LogP contribution is -2.00. The smallest absolute Gasteiger partial charge is 0.138 e. The van der Waals surface area contributed by atoms with E-state index in [2.05, 4.69) is 6.92 Å². The molecule has 96 valence electrons. The number of unbranched alkanes of at least 4 members (excludes halogenated alkanes) is 6. The van der Waals surface area contributed by atoms with E-state index in [1.807, 2.05) is 17.5 Å². The zero-order chi connectivity index (χ0) is 12.3. The fraction of sp³-hybridized carbons (Fsp3) is 0.667. The molecule has 0 saturated heterocycles. The first kappa shape index (κ1) is 14.4. The lowest BCUT2D eigenvalue weighted by atomic mass is 10.1. The van der Waals surface area contributed by atoms with Gasteiger partial charge in [0, 0.05) is 17.7 Å². The van der Waals surface area contributed by atoms with Gasteiger partial charge in [-0.3, -0.25) is 4.79 Å². The molecule has 0 aromatic carbocycles. The Kier molecular flexibility index (Phi) is 7.98. The van der Waals surface area contributed by atoms with Crippen molar-refractivity contribution in [3.05, 3.63) is 22.4 Å². The molecule has 17 heavy (non-hydrogen) atoms. The van der Waals surface area contributed by atoms with Crippen LogP contribution in [0.2, 0.25) is 0 Å². The molecular formula is C15H24OS. The molecule has 0 aliphatic rings. The molecule has 1 aromatic heterocycles. The van der Waals surface area contributed by atoms with Crippen molar-refractivity contribution in [3.63, 3.8) is 0 Å². The van der Waals surface area contributed by atoms with Crippen molar-refractivity contribution in [3.8, 4) is 0 Å². The van der Waals surface area contributed by atoms with Crippen LogP contribution in [0.3, 0.4) is 0 Å². The maximum atomic E-state index is 11.7. The molecule has 0 aliphatic heterocycles. The zero-order valence-electron chi connectivity index (χ0n) is 10.9. The third-order valence-electron chi connectivity index (χ3n) is 3.01. The minimum Gasteiger partial charge on any atom is -0.299 e. The van der Waals surface area contributed by atoms with Gasteiger partial charge in [-0.25, -0.2) is 0 Å². The minimum atomic E-state index is 0.404. The van der Waals surface area contributed by atoms with E-state index in [1.165, 1.54) is 43.4 Å². The van der Waals surface area contributed by atoms with Gasteiger partial charge in [0.15, 0.2) is 0 Å². The van der Waals surface area contributed by atoms with Crippen molar-refractivity contribution >= 4 is 17.1 Å². The summed E-state index contributed by atoms with van der Waals surface area (Å²) in [5.74, 6) is 0.404. The predicted molar refractivity (Wildman–Crippen MR) is 75.6 cm³/mol. The lowest BCUT2D eigenvalue weighted by molar-refractivity contribution is -0.118.